The summed E-state index contributed by atoms with van der Waals surface area (Å²) < 4.78 is 4.71. The highest BCUT2D eigenvalue weighted by molar-refractivity contribution is 5.33. The number of fused-ring (bicyclic) bond motifs is 2. The van der Waals surface area contributed by atoms with Gasteiger partial charge in [0.25, 0.3) is 0 Å². The van der Waals surface area contributed by atoms with Gasteiger partial charge in [-0.1, -0.05) is 54.7 Å². The molecule has 0 N–H and O–H groups in total. The molecule has 5 nitrogen and oxygen atoms in total. The summed E-state index contributed by atoms with van der Waals surface area (Å²) in [5, 5.41) is 0. The van der Waals surface area contributed by atoms with Crippen LogP contribution in [0.25, 0.3) is 5.69 Å². The molecule has 6 rings (SSSR count). The van der Waals surface area contributed by atoms with E-state index in [2.05, 4.69) is 36.5 Å². The first kappa shape index (κ1) is 13.5. The van der Waals surface area contributed by atoms with Gasteiger partial charge in [0.1, 0.15) is 0 Å². The smallest absolute Gasteiger partial charge is 0.245 e. The van der Waals surface area contributed by atoms with E-state index in [0.29, 0.717) is 17.5 Å². The number of benzene rings is 1. The fourth-order valence-corrected chi connectivity index (χ4v) is 5.12. The third-order valence-corrected chi connectivity index (χ3v) is 6.32. The molecule has 1 aromatic heterocycles. The Labute approximate surface area is 143 Å². The van der Waals surface area contributed by atoms with Gasteiger partial charge in [-0.05, 0) is 24.0 Å². The van der Waals surface area contributed by atoms with E-state index >= 15 is 0 Å². The zero-order valence-electron chi connectivity index (χ0n) is 13.5. The van der Waals surface area contributed by atoms with Gasteiger partial charge < -0.3 is 0 Å². The van der Waals surface area contributed by atoms with E-state index in [1.807, 2.05) is 30.3 Å². The highest BCUT2D eigenvalue weighted by Crippen LogP contribution is 2.53. The highest BCUT2D eigenvalue weighted by atomic mass is 16.2. The Morgan fingerprint density at radius 3 is 1.56 bits per heavy atom. The van der Waals surface area contributed by atoms with Gasteiger partial charge >= 0.3 is 11.4 Å². The number of aromatic nitrogens is 3. The molecular weight excluding hydrogens is 314 g/mol. The molecule has 0 amide bonds. The average Bonchev–Trinajstić information content (AvgIpc) is 2.85. The highest BCUT2D eigenvalue weighted by Gasteiger charge is 2.49. The van der Waals surface area contributed by atoms with Crippen LogP contribution in [0.1, 0.15) is 12.1 Å². The van der Waals surface area contributed by atoms with Gasteiger partial charge in [0, 0.05) is 11.8 Å². The molecular formula is C20H17N3O2. The summed E-state index contributed by atoms with van der Waals surface area (Å²) in [5.41, 5.74) is 0.151. The molecule has 4 bridgehead atoms. The molecule has 5 heteroatoms. The van der Waals surface area contributed by atoms with Crippen molar-refractivity contribution in [2.75, 3.05) is 0 Å². The molecule has 0 saturated carbocycles. The van der Waals surface area contributed by atoms with Crippen LogP contribution in [0.5, 0.6) is 0 Å². The van der Waals surface area contributed by atoms with E-state index in [1.54, 1.807) is 9.36 Å². The summed E-state index contributed by atoms with van der Waals surface area (Å²) in [7, 11) is 0. The van der Waals surface area contributed by atoms with E-state index in [4.69, 9.17) is 0 Å². The third-order valence-electron chi connectivity index (χ3n) is 6.32. The van der Waals surface area contributed by atoms with Gasteiger partial charge in [-0.2, -0.15) is 0 Å². The lowest BCUT2D eigenvalue weighted by Gasteiger charge is -2.50. The van der Waals surface area contributed by atoms with Crippen molar-refractivity contribution in [1.29, 1.82) is 0 Å². The summed E-state index contributed by atoms with van der Waals surface area (Å²) in [6, 6.07) is 9.01. The Morgan fingerprint density at radius 2 is 1.08 bits per heavy atom. The predicted molar refractivity (Wildman–Crippen MR) is 93.7 cm³/mol. The van der Waals surface area contributed by atoms with E-state index in [1.165, 1.54) is 4.57 Å². The lowest BCUT2D eigenvalue weighted by Crippen LogP contribution is -2.50. The van der Waals surface area contributed by atoms with Crippen LogP contribution in [0.2, 0.25) is 0 Å². The fourth-order valence-electron chi connectivity index (χ4n) is 5.12. The molecule has 0 fully saturated rings. The van der Waals surface area contributed by atoms with Gasteiger partial charge in [0.15, 0.2) is 0 Å². The molecule has 4 aliphatic rings. The van der Waals surface area contributed by atoms with Crippen molar-refractivity contribution in [3.8, 4) is 5.69 Å². The lowest BCUT2D eigenvalue weighted by atomic mass is 9.59. The van der Waals surface area contributed by atoms with Crippen molar-refractivity contribution in [2.24, 2.45) is 23.7 Å². The van der Waals surface area contributed by atoms with Crippen molar-refractivity contribution in [1.82, 2.24) is 13.9 Å². The normalized spacial score (nSPS) is 35.8. The van der Waals surface area contributed by atoms with Crippen LogP contribution < -0.4 is 11.4 Å². The first-order valence-corrected chi connectivity index (χ1v) is 8.82. The van der Waals surface area contributed by atoms with Crippen molar-refractivity contribution < 1.29 is 0 Å². The van der Waals surface area contributed by atoms with Crippen molar-refractivity contribution in [2.45, 2.75) is 12.1 Å². The molecule has 6 atom stereocenters. The largest absolute Gasteiger partial charge is 0.352 e. The SMILES string of the molecule is O=c1n(-c2ccccc2)c(=O)n2n1[C@H]1C=C[C@H]2[C@H]2C=C[C@H]1[C@H]1C=C[C@@H]12. The zero-order chi connectivity index (χ0) is 16.7. The summed E-state index contributed by atoms with van der Waals surface area (Å²) in [5.74, 6) is 1.42. The number of nitrogens with zero attached hydrogens (tertiary/aromatic N) is 3. The molecule has 0 unspecified atom stereocenters. The average molecular weight is 331 g/mol. The molecule has 25 heavy (non-hydrogen) atoms. The second-order valence-corrected chi connectivity index (χ2v) is 7.37. The van der Waals surface area contributed by atoms with Gasteiger partial charge in [-0.3, -0.25) is 0 Å². The van der Waals surface area contributed by atoms with Gasteiger partial charge in [0.2, 0.25) is 0 Å². The molecule has 2 aromatic rings. The monoisotopic (exact) mass is 331 g/mol. The second-order valence-electron chi connectivity index (χ2n) is 7.37. The van der Waals surface area contributed by atoms with Crippen LogP contribution in [0.4, 0.5) is 0 Å². The van der Waals surface area contributed by atoms with E-state index < -0.39 is 0 Å². The standard InChI is InChI=1S/C20H17N3O2/c24-19-21(12-4-2-1-3-5-12)20(25)23-18-11-10-17(22(19)23)15-8-9-16(18)14-7-6-13(14)15/h1-11,13-18H/t13-,14-,15-,16-,17-,18-/m0/s1. The number of rotatable bonds is 1. The van der Waals surface area contributed by atoms with Gasteiger partial charge in [0.05, 0.1) is 17.8 Å². The molecule has 124 valence electrons. The minimum Gasteiger partial charge on any atom is -0.245 e. The van der Waals surface area contributed by atoms with Crippen molar-refractivity contribution >= 4 is 0 Å². The quantitative estimate of drug-likeness (QED) is 0.751. The summed E-state index contributed by atoms with van der Waals surface area (Å²) >= 11 is 0. The third kappa shape index (κ3) is 1.50. The molecule has 0 radical (unpaired) electrons. The van der Waals surface area contributed by atoms with E-state index in [9.17, 15) is 9.59 Å². The second kappa shape index (κ2) is 4.42. The van der Waals surface area contributed by atoms with Crippen LogP contribution in [-0.2, 0) is 0 Å². The Kier molecular flexibility index (Phi) is 2.38. The van der Waals surface area contributed by atoms with Crippen LogP contribution in [-0.4, -0.2) is 13.9 Å². The van der Waals surface area contributed by atoms with Crippen LogP contribution in [0.15, 0.2) is 76.4 Å². The fraction of sp³-hybridized carbons (Fsp3) is 0.300. The molecule has 1 aromatic carbocycles. The Bertz CT molecular complexity index is 1020. The van der Waals surface area contributed by atoms with Crippen molar-refractivity contribution in [3.05, 3.63) is 87.8 Å². The Balaban J connectivity index is 1.66. The van der Waals surface area contributed by atoms with E-state index in [-0.39, 0.29) is 35.3 Å². The first-order chi connectivity index (χ1) is 12.3. The van der Waals surface area contributed by atoms with Crippen molar-refractivity contribution in [3.63, 3.8) is 0 Å². The first-order valence-electron chi connectivity index (χ1n) is 8.82. The minimum absolute atomic E-state index is 0.101. The summed E-state index contributed by atoms with van der Waals surface area (Å²) in [6.07, 6.45) is 13.3. The molecule has 2 aliphatic heterocycles. The maximum Gasteiger partial charge on any atom is 0.352 e. The van der Waals surface area contributed by atoms with Crippen LogP contribution in [0, 0.1) is 23.7 Å². The predicted octanol–water partition coefficient (Wildman–Crippen LogP) is 2.07. The molecule has 0 spiro atoms. The topological polar surface area (TPSA) is 48.9 Å². The Hall–Kier alpha value is -2.82. The molecule has 2 aliphatic carbocycles. The minimum atomic E-state index is -0.239. The maximum absolute atomic E-state index is 13.2. The molecule has 0 saturated heterocycles. The van der Waals surface area contributed by atoms with Gasteiger partial charge in [-0.15, -0.1) is 0 Å². The molecule has 3 heterocycles. The van der Waals surface area contributed by atoms with E-state index in [0.717, 1.165) is 0 Å². The number of hydrogen-bond donors (Lipinski definition) is 0. The van der Waals surface area contributed by atoms with Crippen LogP contribution >= 0.6 is 0 Å². The summed E-state index contributed by atoms with van der Waals surface area (Å²) in [6.45, 7) is 0. The van der Waals surface area contributed by atoms with Gasteiger partial charge in [-0.25, -0.2) is 23.5 Å². The Morgan fingerprint density at radius 1 is 0.600 bits per heavy atom. The number of hydrogen-bond acceptors (Lipinski definition) is 2. The summed E-state index contributed by atoms with van der Waals surface area (Å²) in [4.78, 5) is 26.4. The number of para-hydroxylation sites is 1. The van der Waals surface area contributed by atoms with Crippen LogP contribution in [0.3, 0.4) is 0 Å². The zero-order valence-corrected chi connectivity index (χ0v) is 13.5. The maximum atomic E-state index is 13.2. The number of allylic oxidation sites excluding steroid dienone is 6. The lowest BCUT2D eigenvalue weighted by molar-refractivity contribution is 0.118.